The summed E-state index contributed by atoms with van der Waals surface area (Å²) in [5, 5.41) is 13.4. The largest absolute Gasteiger partial charge is 0.435 e. The quantitative estimate of drug-likeness (QED) is 0.725. The van der Waals surface area contributed by atoms with E-state index in [1.807, 2.05) is 30.3 Å². The molecule has 22 heavy (non-hydrogen) atoms. The van der Waals surface area contributed by atoms with Crippen LogP contribution in [0.1, 0.15) is 11.7 Å². The number of nitrogens with zero attached hydrogens (tertiary/aromatic N) is 1. The fourth-order valence-corrected chi connectivity index (χ4v) is 2.39. The van der Waals surface area contributed by atoms with E-state index >= 15 is 0 Å². The number of halogens is 1. The molecule has 112 valence electrons. The molecular weight excluding hydrogens is 304 g/mol. The maximum Gasteiger partial charge on any atom is 0.435 e. The zero-order valence-electron chi connectivity index (χ0n) is 11.6. The SMILES string of the molecule is O=c1o[nH][n+](CC(O)c2ccc(Cl)cc2)c1-c1ccccc1. The van der Waals surface area contributed by atoms with Gasteiger partial charge in [-0.1, -0.05) is 46.6 Å². The van der Waals surface area contributed by atoms with Crippen LogP contribution in [-0.2, 0) is 6.54 Å². The number of aliphatic hydroxyl groups excluding tert-OH is 1. The van der Waals surface area contributed by atoms with Crippen molar-refractivity contribution >= 4 is 11.6 Å². The normalized spacial score (nSPS) is 12.3. The Morgan fingerprint density at radius 1 is 1.14 bits per heavy atom. The molecule has 1 aromatic heterocycles. The number of aliphatic hydroxyl groups is 1. The lowest BCUT2D eigenvalue weighted by atomic mass is 10.1. The summed E-state index contributed by atoms with van der Waals surface area (Å²) in [5.41, 5.74) is 1.32. The molecule has 0 aliphatic heterocycles. The molecule has 0 spiro atoms. The molecule has 0 aliphatic rings. The lowest BCUT2D eigenvalue weighted by molar-refractivity contribution is -0.759. The minimum absolute atomic E-state index is 0.164. The van der Waals surface area contributed by atoms with Gasteiger partial charge in [-0.3, -0.25) is 4.52 Å². The van der Waals surface area contributed by atoms with Gasteiger partial charge in [-0.25, -0.2) is 4.79 Å². The maximum atomic E-state index is 11.9. The summed E-state index contributed by atoms with van der Waals surface area (Å²) in [6, 6.07) is 16.1. The summed E-state index contributed by atoms with van der Waals surface area (Å²) in [7, 11) is 0. The van der Waals surface area contributed by atoms with Crippen molar-refractivity contribution in [2.75, 3.05) is 0 Å². The van der Waals surface area contributed by atoms with Crippen LogP contribution >= 0.6 is 11.6 Å². The van der Waals surface area contributed by atoms with Gasteiger partial charge in [-0.05, 0) is 35.1 Å². The highest BCUT2D eigenvalue weighted by atomic mass is 35.5. The summed E-state index contributed by atoms with van der Waals surface area (Å²) < 4.78 is 6.35. The van der Waals surface area contributed by atoms with Crippen LogP contribution in [-0.4, -0.2) is 10.4 Å². The topological polar surface area (TPSA) is 70.1 Å². The maximum absolute atomic E-state index is 11.9. The first-order valence-electron chi connectivity index (χ1n) is 6.75. The number of hydrogen-bond acceptors (Lipinski definition) is 3. The highest BCUT2D eigenvalue weighted by Crippen LogP contribution is 2.17. The van der Waals surface area contributed by atoms with Gasteiger partial charge in [-0.2, -0.15) is 0 Å². The first-order chi connectivity index (χ1) is 10.6. The Balaban J connectivity index is 1.90. The number of hydrogen-bond donors (Lipinski definition) is 2. The average Bonchev–Trinajstić information content (AvgIpc) is 2.89. The fraction of sp³-hybridized carbons (Fsp3) is 0.125. The van der Waals surface area contributed by atoms with Crippen molar-refractivity contribution in [2.45, 2.75) is 12.6 Å². The van der Waals surface area contributed by atoms with Gasteiger partial charge >= 0.3 is 11.3 Å². The smallest absolute Gasteiger partial charge is 0.382 e. The Hall–Kier alpha value is -2.37. The summed E-state index contributed by atoms with van der Waals surface area (Å²) >= 11 is 5.84. The Morgan fingerprint density at radius 2 is 1.82 bits per heavy atom. The van der Waals surface area contributed by atoms with Gasteiger partial charge in [0.2, 0.25) is 6.54 Å². The molecule has 6 heteroatoms. The van der Waals surface area contributed by atoms with Gasteiger partial charge < -0.3 is 5.11 Å². The van der Waals surface area contributed by atoms with Crippen molar-refractivity contribution < 1.29 is 14.3 Å². The minimum Gasteiger partial charge on any atom is -0.382 e. The second kappa shape index (κ2) is 6.17. The monoisotopic (exact) mass is 317 g/mol. The number of nitrogens with one attached hydrogen (secondary N) is 1. The standard InChI is InChI=1S/C16H13ClN2O3/c17-13-8-6-11(7-9-13)14(20)10-19-15(16(21)22-18-19)12-4-2-1-3-5-12/h1-9,14,20H,10H2/p+1. The van der Waals surface area contributed by atoms with Gasteiger partial charge in [0.1, 0.15) is 6.10 Å². The Morgan fingerprint density at radius 3 is 2.50 bits per heavy atom. The lowest BCUT2D eigenvalue weighted by Gasteiger charge is -2.06. The first kappa shape index (κ1) is 14.6. The van der Waals surface area contributed by atoms with Crippen molar-refractivity contribution in [3.05, 3.63) is 75.6 Å². The van der Waals surface area contributed by atoms with E-state index in [-0.39, 0.29) is 6.54 Å². The second-order valence-electron chi connectivity index (χ2n) is 4.87. The molecule has 0 saturated carbocycles. The molecule has 0 aliphatic carbocycles. The third kappa shape index (κ3) is 2.95. The molecule has 1 atom stereocenters. The summed E-state index contributed by atoms with van der Waals surface area (Å²) in [6.07, 6.45) is -0.794. The van der Waals surface area contributed by atoms with Crippen molar-refractivity contribution in [3.63, 3.8) is 0 Å². The van der Waals surface area contributed by atoms with Crippen LogP contribution in [0.2, 0.25) is 5.02 Å². The highest BCUT2D eigenvalue weighted by Gasteiger charge is 2.25. The van der Waals surface area contributed by atoms with Crippen molar-refractivity contribution in [3.8, 4) is 11.3 Å². The van der Waals surface area contributed by atoms with Crippen LogP contribution in [0.15, 0.2) is 63.9 Å². The molecule has 0 fully saturated rings. The van der Waals surface area contributed by atoms with Gasteiger partial charge in [0, 0.05) is 5.02 Å². The predicted molar refractivity (Wildman–Crippen MR) is 81.4 cm³/mol. The average molecular weight is 318 g/mol. The van der Waals surface area contributed by atoms with Crippen molar-refractivity contribution in [1.82, 2.24) is 5.27 Å². The van der Waals surface area contributed by atoms with Crippen LogP contribution < -0.4 is 10.3 Å². The molecule has 3 rings (SSSR count). The van der Waals surface area contributed by atoms with Crippen LogP contribution in [0.25, 0.3) is 11.3 Å². The lowest BCUT2D eigenvalue weighted by Crippen LogP contribution is -2.41. The van der Waals surface area contributed by atoms with E-state index in [1.165, 1.54) is 4.68 Å². The Bertz CT molecular complexity index is 809. The molecule has 1 unspecified atom stereocenters. The van der Waals surface area contributed by atoms with Crippen molar-refractivity contribution in [1.29, 1.82) is 0 Å². The summed E-state index contributed by atoms with van der Waals surface area (Å²) in [4.78, 5) is 11.9. The summed E-state index contributed by atoms with van der Waals surface area (Å²) in [5.74, 6) is 0. The van der Waals surface area contributed by atoms with E-state index < -0.39 is 11.7 Å². The second-order valence-corrected chi connectivity index (χ2v) is 5.31. The zero-order chi connectivity index (χ0) is 15.5. The van der Waals surface area contributed by atoms with Crippen LogP contribution in [0.4, 0.5) is 0 Å². The molecule has 1 heterocycles. The van der Waals surface area contributed by atoms with E-state index in [2.05, 4.69) is 5.27 Å². The van der Waals surface area contributed by atoms with E-state index in [9.17, 15) is 9.90 Å². The van der Waals surface area contributed by atoms with E-state index in [0.29, 0.717) is 16.3 Å². The van der Waals surface area contributed by atoms with E-state index in [0.717, 1.165) is 5.56 Å². The molecule has 0 amide bonds. The zero-order valence-corrected chi connectivity index (χ0v) is 12.3. The van der Waals surface area contributed by atoms with Crippen LogP contribution in [0.3, 0.4) is 0 Å². The highest BCUT2D eigenvalue weighted by molar-refractivity contribution is 6.30. The van der Waals surface area contributed by atoms with E-state index in [4.69, 9.17) is 16.1 Å². The molecule has 0 radical (unpaired) electrons. The number of aromatic nitrogens is 2. The Labute approximate surface area is 131 Å². The van der Waals surface area contributed by atoms with Gasteiger partial charge in [-0.15, -0.1) is 0 Å². The number of H-pyrrole nitrogens is 1. The Kier molecular flexibility index (Phi) is 4.09. The first-order valence-corrected chi connectivity index (χ1v) is 7.13. The number of rotatable bonds is 4. The summed E-state index contributed by atoms with van der Waals surface area (Å²) in [6.45, 7) is 0.164. The predicted octanol–water partition coefficient (Wildman–Crippen LogP) is 2.31. The number of benzene rings is 2. The molecule has 2 N–H and O–H groups in total. The van der Waals surface area contributed by atoms with Crippen molar-refractivity contribution in [2.24, 2.45) is 0 Å². The fourth-order valence-electron chi connectivity index (χ4n) is 2.26. The van der Waals surface area contributed by atoms with Crippen LogP contribution in [0, 0.1) is 0 Å². The molecule has 2 aromatic carbocycles. The van der Waals surface area contributed by atoms with Gasteiger partial charge in [0.15, 0.2) is 0 Å². The van der Waals surface area contributed by atoms with E-state index in [1.54, 1.807) is 24.3 Å². The minimum atomic E-state index is -0.794. The molecule has 3 aromatic rings. The third-order valence-corrected chi connectivity index (χ3v) is 3.62. The molecule has 0 saturated heterocycles. The molecule has 5 nitrogen and oxygen atoms in total. The molecular formula is C16H14ClN2O3+. The van der Waals surface area contributed by atoms with Gasteiger partial charge in [0.05, 0.1) is 5.56 Å². The van der Waals surface area contributed by atoms with Crippen LogP contribution in [0.5, 0.6) is 0 Å². The molecule has 0 bridgehead atoms. The third-order valence-electron chi connectivity index (χ3n) is 3.37. The number of aromatic amines is 1. The van der Waals surface area contributed by atoms with Gasteiger partial charge in [0.25, 0.3) is 0 Å².